The van der Waals surface area contributed by atoms with Gasteiger partial charge in [-0.25, -0.2) is 0 Å². The predicted molar refractivity (Wildman–Crippen MR) is 98.6 cm³/mol. The Balaban J connectivity index is 1.78. The minimum absolute atomic E-state index is 0.179. The lowest BCUT2D eigenvalue weighted by Crippen LogP contribution is -2.37. The molecule has 1 aliphatic heterocycles. The SMILES string of the molecule is CCCCC(=O)N1CCCN(C(=O)CCc2ccc(OC)cc2)CC1. The van der Waals surface area contributed by atoms with Crippen molar-refractivity contribution in [1.82, 2.24) is 9.80 Å². The molecular weight excluding hydrogens is 316 g/mol. The molecule has 1 saturated heterocycles. The molecule has 0 radical (unpaired) electrons. The lowest BCUT2D eigenvalue weighted by Gasteiger charge is -2.22. The van der Waals surface area contributed by atoms with E-state index in [1.807, 2.05) is 34.1 Å². The maximum Gasteiger partial charge on any atom is 0.222 e. The van der Waals surface area contributed by atoms with Crippen LogP contribution in [0.4, 0.5) is 0 Å². The Morgan fingerprint density at radius 2 is 1.56 bits per heavy atom. The number of nitrogens with zero attached hydrogens (tertiary/aromatic N) is 2. The van der Waals surface area contributed by atoms with Gasteiger partial charge in [-0.1, -0.05) is 25.5 Å². The number of benzene rings is 1. The number of methoxy groups -OCH3 is 1. The summed E-state index contributed by atoms with van der Waals surface area (Å²) < 4.78 is 5.15. The molecule has 0 aliphatic carbocycles. The molecule has 0 N–H and O–H groups in total. The van der Waals surface area contributed by atoms with Gasteiger partial charge >= 0.3 is 0 Å². The van der Waals surface area contributed by atoms with Gasteiger partial charge in [-0.2, -0.15) is 0 Å². The Kier molecular flexibility index (Phi) is 7.76. The van der Waals surface area contributed by atoms with E-state index in [9.17, 15) is 9.59 Å². The smallest absolute Gasteiger partial charge is 0.222 e. The fraction of sp³-hybridized carbons (Fsp3) is 0.600. The average Bonchev–Trinajstić information content (AvgIpc) is 2.91. The Hall–Kier alpha value is -2.04. The van der Waals surface area contributed by atoms with Crippen LogP contribution >= 0.6 is 0 Å². The number of amides is 2. The van der Waals surface area contributed by atoms with Crippen LogP contribution in [0, 0.1) is 0 Å². The van der Waals surface area contributed by atoms with Crippen molar-refractivity contribution >= 4 is 11.8 Å². The molecule has 0 unspecified atom stereocenters. The van der Waals surface area contributed by atoms with Crippen LogP contribution in [0.2, 0.25) is 0 Å². The molecular formula is C20H30N2O3. The van der Waals surface area contributed by atoms with E-state index in [4.69, 9.17) is 4.74 Å². The quantitative estimate of drug-likeness (QED) is 0.763. The molecule has 5 nitrogen and oxygen atoms in total. The summed E-state index contributed by atoms with van der Waals surface area (Å²) >= 11 is 0. The molecule has 0 atom stereocenters. The number of aryl methyl sites for hydroxylation is 1. The van der Waals surface area contributed by atoms with Crippen molar-refractivity contribution in [1.29, 1.82) is 0 Å². The number of hydrogen-bond donors (Lipinski definition) is 0. The molecule has 25 heavy (non-hydrogen) atoms. The molecule has 0 saturated carbocycles. The topological polar surface area (TPSA) is 49.9 Å². The van der Waals surface area contributed by atoms with Gasteiger partial charge < -0.3 is 14.5 Å². The van der Waals surface area contributed by atoms with Crippen molar-refractivity contribution < 1.29 is 14.3 Å². The minimum Gasteiger partial charge on any atom is -0.497 e. The van der Waals surface area contributed by atoms with Crippen LogP contribution in [0.25, 0.3) is 0 Å². The van der Waals surface area contributed by atoms with E-state index in [1.165, 1.54) is 0 Å². The van der Waals surface area contributed by atoms with Crippen molar-refractivity contribution in [2.45, 2.75) is 45.4 Å². The Morgan fingerprint density at radius 3 is 2.12 bits per heavy atom. The Morgan fingerprint density at radius 1 is 0.960 bits per heavy atom. The third-order valence-corrected chi connectivity index (χ3v) is 4.73. The van der Waals surface area contributed by atoms with Crippen LogP contribution in [-0.2, 0) is 16.0 Å². The van der Waals surface area contributed by atoms with E-state index in [1.54, 1.807) is 7.11 Å². The van der Waals surface area contributed by atoms with Crippen LogP contribution in [0.1, 0.15) is 44.6 Å². The fourth-order valence-corrected chi connectivity index (χ4v) is 3.10. The summed E-state index contributed by atoms with van der Waals surface area (Å²) in [6.07, 6.45) is 4.72. The van der Waals surface area contributed by atoms with Crippen molar-refractivity contribution in [3.63, 3.8) is 0 Å². The molecule has 5 heteroatoms. The number of ether oxygens (including phenoxy) is 1. The summed E-state index contributed by atoms with van der Waals surface area (Å²) in [7, 11) is 1.65. The maximum absolute atomic E-state index is 12.5. The summed E-state index contributed by atoms with van der Waals surface area (Å²) in [6, 6.07) is 7.85. The number of unbranched alkanes of at least 4 members (excludes halogenated alkanes) is 1. The largest absolute Gasteiger partial charge is 0.497 e. The zero-order valence-corrected chi connectivity index (χ0v) is 15.5. The highest BCUT2D eigenvalue weighted by molar-refractivity contribution is 5.78. The van der Waals surface area contributed by atoms with E-state index in [2.05, 4.69) is 6.92 Å². The summed E-state index contributed by atoms with van der Waals surface area (Å²) in [5, 5.41) is 0. The number of hydrogen-bond acceptors (Lipinski definition) is 3. The standard InChI is InChI=1S/C20H30N2O3/c1-3-4-6-19(23)21-13-5-14-22(16-15-21)20(24)12-9-17-7-10-18(25-2)11-8-17/h7-8,10-11H,3-6,9,12-16H2,1-2H3. The van der Waals surface area contributed by atoms with E-state index in [0.717, 1.165) is 50.1 Å². The van der Waals surface area contributed by atoms with Crippen LogP contribution in [0.5, 0.6) is 5.75 Å². The zero-order valence-electron chi connectivity index (χ0n) is 15.5. The van der Waals surface area contributed by atoms with Gasteiger partial charge in [0.2, 0.25) is 11.8 Å². The second kappa shape index (κ2) is 10.1. The first-order chi connectivity index (χ1) is 12.1. The normalized spacial score (nSPS) is 15.0. The van der Waals surface area contributed by atoms with Gasteiger partial charge in [-0.05, 0) is 37.0 Å². The van der Waals surface area contributed by atoms with Crippen LogP contribution in [0.15, 0.2) is 24.3 Å². The first kappa shape index (κ1) is 19.3. The fourth-order valence-electron chi connectivity index (χ4n) is 3.10. The molecule has 1 aliphatic rings. The van der Waals surface area contributed by atoms with Gasteiger partial charge in [0.15, 0.2) is 0 Å². The summed E-state index contributed by atoms with van der Waals surface area (Å²) in [4.78, 5) is 28.5. The van der Waals surface area contributed by atoms with Gasteiger partial charge in [0.25, 0.3) is 0 Å². The summed E-state index contributed by atoms with van der Waals surface area (Å²) in [5.41, 5.74) is 1.14. The molecule has 1 aromatic rings. The van der Waals surface area contributed by atoms with Gasteiger partial charge in [0.1, 0.15) is 5.75 Å². The first-order valence-electron chi connectivity index (χ1n) is 9.32. The second-order valence-corrected chi connectivity index (χ2v) is 6.57. The monoisotopic (exact) mass is 346 g/mol. The Bertz CT molecular complexity index is 557. The second-order valence-electron chi connectivity index (χ2n) is 6.57. The van der Waals surface area contributed by atoms with Gasteiger partial charge in [0.05, 0.1) is 7.11 Å². The van der Waals surface area contributed by atoms with Crippen LogP contribution < -0.4 is 4.74 Å². The molecule has 138 valence electrons. The molecule has 0 spiro atoms. The maximum atomic E-state index is 12.5. The van der Waals surface area contributed by atoms with Crippen molar-refractivity contribution in [2.24, 2.45) is 0 Å². The van der Waals surface area contributed by atoms with E-state index in [0.29, 0.717) is 25.9 Å². The van der Waals surface area contributed by atoms with Gasteiger partial charge in [0, 0.05) is 39.0 Å². The van der Waals surface area contributed by atoms with E-state index < -0.39 is 0 Å². The Labute approximate surface area is 150 Å². The van der Waals surface area contributed by atoms with Gasteiger partial charge in [-0.15, -0.1) is 0 Å². The van der Waals surface area contributed by atoms with Crippen molar-refractivity contribution in [2.75, 3.05) is 33.3 Å². The number of carbonyl (C=O) groups excluding carboxylic acids is 2. The molecule has 1 aromatic carbocycles. The zero-order chi connectivity index (χ0) is 18.1. The minimum atomic E-state index is 0.179. The van der Waals surface area contributed by atoms with Crippen molar-refractivity contribution in [3.8, 4) is 5.75 Å². The third-order valence-electron chi connectivity index (χ3n) is 4.73. The van der Waals surface area contributed by atoms with E-state index >= 15 is 0 Å². The highest BCUT2D eigenvalue weighted by Crippen LogP contribution is 2.14. The predicted octanol–water partition coefficient (Wildman–Crippen LogP) is 2.88. The van der Waals surface area contributed by atoms with Crippen LogP contribution in [0.3, 0.4) is 0 Å². The highest BCUT2D eigenvalue weighted by atomic mass is 16.5. The summed E-state index contributed by atoms with van der Waals surface area (Å²) in [5.74, 6) is 1.24. The lowest BCUT2D eigenvalue weighted by molar-refractivity contribution is -0.133. The third kappa shape index (κ3) is 6.07. The molecule has 2 rings (SSSR count). The molecule has 2 amide bonds. The lowest BCUT2D eigenvalue weighted by atomic mass is 10.1. The first-order valence-corrected chi connectivity index (χ1v) is 9.32. The van der Waals surface area contributed by atoms with Gasteiger partial charge in [-0.3, -0.25) is 9.59 Å². The average molecular weight is 346 g/mol. The molecule has 0 bridgehead atoms. The van der Waals surface area contributed by atoms with Crippen molar-refractivity contribution in [3.05, 3.63) is 29.8 Å². The number of rotatable bonds is 7. The number of carbonyl (C=O) groups is 2. The van der Waals surface area contributed by atoms with Crippen LogP contribution in [-0.4, -0.2) is 54.9 Å². The van der Waals surface area contributed by atoms with E-state index in [-0.39, 0.29) is 11.8 Å². The summed E-state index contributed by atoms with van der Waals surface area (Å²) in [6.45, 7) is 4.93. The molecule has 1 heterocycles. The molecule has 1 fully saturated rings. The highest BCUT2D eigenvalue weighted by Gasteiger charge is 2.21. The molecule has 0 aromatic heterocycles.